The molecule has 0 saturated carbocycles. The third-order valence-electron chi connectivity index (χ3n) is 3.51. The number of amides is 1. The van der Waals surface area contributed by atoms with Gasteiger partial charge in [-0.3, -0.25) is 14.6 Å². The van der Waals surface area contributed by atoms with E-state index in [4.69, 9.17) is 0 Å². The first-order chi connectivity index (χ1) is 9.52. The molecule has 0 aliphatic carbocycles. The van der Waals surface area contributed by atoms with E-state index in [0.717, 1.165) is 12.0 Å². The van der Waals surface area contributed by atoms with Crippen molar-refractivity contribution < 1.29 is 14.0 Å². The fourth-order valence-corrected chi connectivity index (χ4v) is 2.44. The molecule has 1 heterocycles. The first-order valence-electron chi connectivity index (χ1n) is 6.87. The summed E-state index contributed by atoms with van der Waals surface area (Å²) in [6, 6.07) is 5.89. The van der Waals surface area contributed by atoms with Crippen molar-refractivity contribution in [1.29, 1.82) is 0 Å². The van der Waals surface area contributed by atoms with Gasteiger partial charge in [-0.1, -0.05) is 19.1 Å². The molecule has 4 nitrogen and oxygen atoms in total. The number of carbonyl (C=O) groups excluding carboxylic acids is 2. The van der Waals surface area contributed by atoms with Crippen LogP contribution in [0.3, 0.4) is 0 Å². The monoisotopic (exact) mass is 278 g/mol. The van der Waals surface area contributed by atoms with E-state index < -0.39 is 0 Å². The first-order valence-corrected chi connectivity index (χ1v) is 6.87. The molecule has 1 aromatic rings. The summed E-state index contributed by atoms with van der Waals surface area (Å²) in [5.74, 6) is -0.595. The molecule has 2 rings (SSSR count). The maximum Gasteiger partial charge on any atom is 0.244 e. The van der Waals surface area contributed by atoms with Crippen molar-refractivity contribution in [2.24, 2.45) is 0 Å². The van der Waals surface area contributed by atoms with Gasteiger partial charge in [0.2, 0.25) is 5.91 Å². The summed E-state index contributed by atoms with van der Waals surface area (Å²) in [6.45, 7) is 4.74. The topological polar surface area (TPSA) is 40.6 Å². The summed E-state index contributed by atoms with van der Waals surface area (Å²) in [6.07, 6.45) is 0.765. The van der Waals surface area contributed by atoms with Crippen LogP contribution >= 0.6 is 0 Å². The quantitative estimate of drug-likeness (QED) is 0.792. The van der Waals surface area contributed by atoms with Crippen LogP contribution in [0.2, 0.25) is 0 Å². The summed E-state index contributed by atoms with van der Waals surface area (Å²) < 4.78 is 13.2. The Labute approximate surface area is 118 Å². The molecule has 0 aromatic heterocycles. The van der Waals surface area contributed by atoms with Crippen molar-refractivity contribution in [1.82, 2.24) is 10.0 Å². The number of benzene rings is 1. The predicted octanol–water partition coefficient (Wildman–Crippen LogP) is 2.14. The molecule has 1 unspecified atom stereocenters. The zero-order valence-corrected chi connectivity index (χ0v) is 11.8. The van der Waals surface area contributed by atoms with Gasteiger partial charge in [-0.05, 0) is 31.0 Å². The molecule has 1 aliphatic rings. The molecule has 5 heteroatoms. The maximum atomic E-state index is 13.2. The lowest BCUT2D eigenvalue weighted by atomic mass is 10.1. The Balaban J connectivity index is 2.21. The lowest BCUT2D eigenvalue weighted by molar-refractivity contribution is -0.169. The molecule has 1 fully saturated rings. The second-order valence-corrected chi connectivity index (χ2v) is 5.06. The molecular weight excluding hydrogens is 259 g/mol. The number of Topliss-reactive ketones (excluding diaryl/α,β-unsaturated/α-hetero) is 1. The van der Waals surface area contributed by atoms with Crippen LogP contribution in [-0.2, 0) is 16.1 Å². The Bertz CT molecular complexity index is 518. The molecule has 20 heavy (non-hydrogen) atoms. The molecule has 1 amide bonds. The normalized spacial score (nSPS) is 20.6. The minimum atomic E-state index is -0.321. The number of hydrogen-bond donors (Lipinski definition) is 0. The number of halogens is 1. The van der Waals surface area contributed by atoms with Crippen LogP contribution in [-0.4, -0.2) is 34.3 Å². The smallest absolute Gasteiger partial charge is 0.244 e. The summed E-state index contributed by atoms with van der Waals surface area (Å²) in [7, 11) is 0. The fourth-order valence-electron chi connectivity index (χ4n) is 2.44. The van der Waals surface area contributed by atoms with Crippen molar-refractivity contribution in [3.05, 3.63) is 35.6 Å². The number of ketones is 1. The van der Waals surface area contributed by atoms with Crippen molar-refractivity contribution in [3.8, 4) is 0 Å². The van der Waals surface area contributed by atoms with E-state index in [0.29, 0.717) is 13.1 Å². The molecule has 0 spiro atoms. The number of nitrogens with zero attached hydrogens (tertiary/aromatic N) is 2. The molecule has 1 saturated heterocycles. The van der Waals surface area contributed by atoms with Crippen LogP contribution in [0.25, 0.3) is 0 Å². The lowest BCUT2D eigenvalue weighted by Crippen LogP contribution is -2.58. The van der Waals surface area contributed by atoms with Crippen molar-refractivity contribution in [2.45, 2.75) is 39.3 Å². The Morgan fingerprint density at radius 2 is 2.10 bits per heavy atom. The van der Waals surface area contributed by atoms with Crippen LogP contribution in [0.15, 0.2) is 24.3 Å². The first kappa shape index (κ1) is 14.7. The van der Waals surface area contributed by atoms with Crippen LogP contribution in [0.4, 0.5) is 4.39 Å². The van der Waals surface area contributed by atoms with E-state index in [-0.39, 0.29) is 30.0 Å². The molecule has 1 atom stereocenters. The number of hydrazine groups is 1. The molecule has 0 radical (unpaired) electrons. The van der Waals surface area contributed by atoms with Crippen LogP contribution in [0.5, 0.6) is 0 Å². The fraction of sp³-hybridized carbons (Fsp3) is 0.467. The third-order valence-corrected chi connectivity index (χ3v) is 3.51. The SMILES string of the molecule is CCCN1C(C)C(=O)CC(=O)N1Cc1cccc(F)c1. The zero-order chi connectivity index (χ0) is 14.7. The van der Waals surface area contributed by atoms with E-state index >= 15 is 0 Å². The van der Waals surface area contributed by atoms with Crippen LogP contribution in [0, 0.1) is 5.82 Å². The van der Waals surface area contributed by atoms with Gasteiger partial charge in [0, 0.05) is 6.54 Å². The van der Waals surface area contributed by atoms with Gasteiger partial charge in [0.05, 0.1) is 19.0 Å². The predicted molar refractivity (Wildman–Crippen MR) is 73.0 cm³/mol. The second kappa shape index (κ2) is 6.13. The highest BCUT2D eigenvalue weighted by Gasteiger charge is 2.36. The highest BCUT2D eigenvalue weighted by molar-refractivity contribution is 6.02. The van der Waals surface area contributed by atoms with Gasteiger partial charge in [-0.15, -0.1) is 0 Å². The average Bonchev–Trinajstić information content (AvgIpc) is 2.40. The van der Waals surface area contributed by atoms with Crippen molar-refractivity contribution in [3.63, 3.8) is 0 Å². The molecule has 1 aliphatic heterocycles. The summed E-state index contributed by atoms with van der Waals surface area (Å²) in [5, 5.41) is 3.36. The molecular formula is C15H19FN2O2. The Kier molecular flexibility index (Phi) is 4.49. The minimum Gasteiger partial charge on any atom is -0.297 e. The minimum absolute atomic E-state index is 0.0565. The van der Waals surface area contributed by atoms with Gasteiger partial charge >= 0.3 is 0 Å². The number of rotatable bonds is 4. The van der Waals surface area contributed by atoms with Crippen LogP contribution in [0.1, 0.15) is 32.3 Å². The molecule has 1 aromatic carbocycles. The second-order valence-electron chi connectivity index (χ2n) is 5.06. The van der Waals surface area contributed by atoms with Gasteiger partial charge in [0.15, 0.2) is 5.78 Å². The van der Waals surface area contributed by atoms with Gasteiger partial charge in [0.25, 0.3) is 0 Å². The average molecular weight is 278 g/mol. The summed E-state index contributed by atoms with van der Waals surface area (Å²) in [4.78, 5) is 23.9. The number of carbonyl (C=O) groups is 2. The van der Waals surface area contributed by atoms with Gasteiger partial charge in [0.1, 0.15) is 5.82 Å². The van der Waals surface area contributed by atoms with Gasteiger partial charge in [-0.2, -0.15) is 0 Å². The zero-order valence-electron chi connectivity index (χ0n) is 11.8. The highest BCUT2D eigenvalue weighted by atomic mass is 19.1. The molecule has 0 bridgehead atoms. The molecule has 0 N–H and O–H groups in total. The Morgan fingerprint density at radius 3 is 2.75 bits per heavy atom. The lowest BCUT2D eigenvalue weighted by Gasteiger charge is -2.41. The van der Waals surface area contributed by atoms with E-state index in [2.05, 4.69) is 0 Å². The van der Waals surface area contributed by atoms with Crippen molar-refractivity contribution in [2.75, 3.05) is 6.54 Å². The standard InChI is InChI=1S/C15H19FN2O2/c1-3-7-17-11(2)14(19)9-15(20)18(17)10-12-5-4-6-13(16)8-12/h4-6,8,11H,3,7,9-10H2,1-2H3. The van der Waals surface area contributed by atoms with E-state index in [1.165, 1.54) is 12.1 Å². The maximum absolute atomic E-state index is 13.2. The van der Waals surface area contributed by atoms with Gasteiger partial charge in [-0.25, -0.2) is 9.40 Å². The third kappa shape index (κ3) is 3.04. The Morgan fingerprint density at radius 1 is 1.35 bits per heavy atom. The molecule has 108 valence electrons. The van der Waals surface area contributed by atoms with Crippen molar-refractivity contribution >= 4 is 11.7 Å². The van der Waals surface area contributed by atoms with Crippen LogP contribution < -0.4 is 0 Å². The highest BCUT2D eigenvalue weighted by Crippen LogP contribution is 2.20. The van der Waals surface area contributed by atoms with E-state index in [9.17, 15) is 14.0 Å². The summed E-state index contributed by atoms with van der Waals surface area (Å²) >= 11 is 0. The van der Waals surface area contributed by atoms with E-state index in [1.54, 1.807) is 22.2 Å². The largest absolute Gasteiger partial charge is 0.297 e. The Hall–Kier alpha value is -1.75. The van der Waals surface area contributed by atoms with E-state index in [1.807, 2.05) is 13.8 Å². The number of hydrogen-bond acceptors (Lipinski definition) is 3. The van der Waals surface area contributed by atoms with Gasteiger partial charge < -0.3 is 0 Å². The summed E-state index contributed by atoms with van der Waals surface area (Å²) in [5.41, 5.74) is 0.723.